The minimum atomic E-state index is 0.0744. The number of methoxy groups -OCH3 is 1. The highest BCUT2D eigenvalue weighted by Crippen LogP contribution is 2.28. The second kappa shape index (κ2) is 7.58. The number of ether oxygens (including phenoxy) is 2. The summed E-state index contributed by atoms with van der Waals surface area (Å²) in [6.45, 7) is 5.13. The standard InChI is InChI=1S/C14H21NO3/c1-4-15-14(16)9-7-11-6-8-12(18-5-2)13(10-11)17-3/h6,8,10H,4-5,7,9H2,1-3H3,(H,15,16). The molecule has 0 aliphatic carbocycles. The van der Waals surface area contributed by atoms with Crippen LogP contribution in [0.15, 0.2) is 18.2 Å². The van der Waals surface area contributed by atoms with Gasteiger partial charge in [-0.1, -0.05) is 6.07 Å². The molecule has 0 fully saturated rings. The van der Waals surface area contributed by atoms with Crippen molar-refractivity contribution < 1.29 is 14.3 Å². The summed E-state index contributed by atoms with van der Waals surface area (Å²) in [5.41, 5.74) is 1.07. The molecule has 18 heavy (non-hydrogen) atoms. The van der Waals surface area contributed by atoms with Crippen LogP contribution >= 0.6 is 0 Å². The van der Waals surface area contributed by atoms with Crippen molar-refractivity contribution in [3.63, 3.8) is 0 Å². The van der Waals surface area contributed by atoms with Gasteiger partial charge in [-0.3, -0.25) is 4.79 Å². The van der Waals surface area contributed by atoms with Crippen LogP contribution in [0.1, 0.15) is 25.8 Å². The zero-order chi connectivity index (χ0) is 13.4. The lowest BCUT2D eigenvalue weighted by Gasteiger charge is -2.10. The first-order chi connectivity index (χ1) is 8.71. The zero-order valence-corrected chi connectivity index (χ0v) is 11.3. The third kappa shape index (κ3) is 4.28. The number of carbonyl (C=O) groups excluding carboxylic acids is 1. The number of benzene rings is 1. The van der Waals surface area contributed by atoms with Gasteiger partial charge in [0.05, 0.1) is 13.7 Å². The first-order valence-electron chi connectivity index (χ1n) is 6.27. The molecule has 0 saturated heterocycles. The highest BCUT2D eigenvalue weighted by Gasteiger charge is 2.06. The summed E-state index contributed by atoms with van der Waals surface area (Å²) in [7, 11) is 1.62. The van der Waals surface area contributed by atoms with E-state index >= 15 is 0 Å². The number of carbonyl (C=O) groups is 1. The molecule has 0 spiro atoms. The molecule has 4 nitrogen and oxygen atoms in total. The Morgan fingerprint density at radius 1 is 1.28 bits per heavy atom. The Balaban J connectivity index is 2.64. The van der Waals surface area contributed by atoms with E-state index in [1.165, 1.54) is 0 Å². The fourth-order valence-corrected chi connectivity index (χ4v) is 1.69. The first kappa shape index (κ1) is 14.4. The van der Waals surface area contributed by atoms with Crippen LogP contribution < -0.4 is 14.8 Å². The molecule has 0 atom stereocenters. The van der Waals surface area contributed by atoms with Crippen LogP contribution in [0, 0.1) is 0 Å². The van der Waals surface area contributed by atoms with E-state index < -0.39 is 0 Å². The summed E-state index contributed by atoms with van der Waals surface area (Å²) in [5.74, 6) is 1.53. The molecule has 0 unspecified atom stereocenters. The highest BCUT2D eigenvalue weighted by molar-refractivity contribution is 5.76. The quantitative estimate of drug-likeness (QED) is 0.808. The average molecular weight is 251 g/mol. The SMILES string of the molecule is CCNC(=O)CCc1ccc(OCC)c(OC)c1. The Morgan fingerprint density at radius 2 is 2.06 bits per heavy atom. The summed E-state index contributed by atoms with van der Waals surface area (Å²) in [6.07, 6.45) is 1.19. The van der Waals surface area contributed by atoms with Gasteiger partial charge in [-0.15, -0.1) is 0 Å². The van der Waals surface area contributed by atoms with Gasteiger partial charge >= 0.3 is 0 Å². The maximum absolute atomic E-state index is 11.4. The zero-order valence-electron chi connectivity index (χ0n) is 11.3. The molecule has 1 aromatic carbocycles. The Hall–Kier alpha value is -1.71. The molecular formula is C14H21NO3. The van der Waals surface area contributed by atoms with E-state index in [0.717, 1.165) is 11.3 Å². The molecule has 1 N–H and O–H groups in total. The first-order valence-corrected chi connectivity index (χ1v) is 6.27. The smallest absolute Gasteiger partial charge is 0.220 e. The molecule has 1 amide bonds. The van der Waals surface area contributed by atoms with Crippen LogP contribution in [0.25, 0.3) is 0 Å². The van der Waals surface area contributed by atoms with E-state index in [-0.39, 0.29) is 5.91 Å². The highest BCUT2D eigenvalue weighted by atomic mass is 16.5. The lowest BCUT2D eigenvalue weighted by Crippen LogP contribution is -2.22. The summed E-state index contributed by atoms with van der Waals surface area (Å²) < 4.78 is 10.7. The fourth-order valence-electron chi connectivity index (χ4n) is 1.69. The summed E-state index contributed by atoms with van der Waals surface area (Å²) in [4.78, 5) is 11.4. The predicted molar refractivity (Wildman–Crippen MR) is 71.2 cm³/mol. The Morgan fingerprint density at radius 3 is 2.67 bits per heavy atom. The van der Waals surface area contributed by atoms with Crippen LogP contribution in [0.5, 0.6) is 11.5 Å². The molecular weight excluding hydrogens is 230 g/mol. The van der Waals surface area contributed by atoms with Crippen molar-refractivity contribution in [2.24, 2.45) is 0 Å². The predicted octanol–water partition coefficient (Wildman–Crippen LogP) is 2.16. The molecule has 4 heteroatoms. The van der Waals surface area contributed by atoms with Gasteiger partial charge in [-0.2, -0.15) is 0 Å². The number of amides is 1. The minimum Gasteiger partial charge on any atom is -0.493 e. The fraction of sp³-hybridized carbons (Fsp3) is 0.500. The molecule has 0 aromatic heterocycles. The normalized spacial score (nSPS) is 9.94. The van der Waals surface area contributed by atoms with Crippen molar-refractivity contribution in [3.05, 3.63) is 23.8 Å². The molecule has 100 valence electrons. The van der Waals surface area contributed by atoms with Crippen molar-refractivity contribution in [1.82, 2.24) is 5.32 Å². The third-order valence-electron chi connectivity index (χ3n) is 2.54. The van der Waals surface area contributed by atoms with E-state index in [2.05, 4.69) is 5.32 Å². The molecule has 0 heterocycles. The van der Waals surface area contributed by atoms with Crippen LogP contribution in [-0.4, -0.2) is 26.2 Å². The summed E-state index contributed by atoms with van der Waals surface area (Å²) >= 11 is 0. The van der Waals surface area contributed by atoms with Gasteiger partial charge in [-0.05, 0) is 38.0 Å². The second-order valence-electron chi connectivity index (χ2n) is 3.87. The number of aryl methyl sites for hydroxylation is 1. The van der Waals surface area contributed by atoms with Gasteiger partial charge < -0.3 is 14.8 Å². The van der Waals surface area contributed by atoms with Crippen LogP contribution in [0.3, 0.4) is 0 Å². The monoisotopic (exact) mass is 251 g/mol. The van der Waals surface area contributed by atoms with E-state index in [1.54, 1.807) is 7.11 Å². The van der Waals surface area contributed by atoms with Crippen LogP contribution in [-0.2, 0) is 11.2 Å². The van der Waals surface area contributed by atoms with E-state index in [4.69, 9.17) is 9.47 Å². The largest absolute Gasteiger partial charge is 0.493 e. The Labute approximate surface area is 108 Å². The number of nitrogens with one attached hydrogen (secondary N) is 1. The van der Waals surface area contributed by atoms with Gasteiger partial charge in [0.15, 0.2) is 11.5 Å². The summed E-state index contributed by atoms with van der Waals surface area (Å²) in [5, 5.41) is 2.78. The average Bonchev–Trinajstić information content (AvgIpc) is 2.38. The van der Waals surface area contributed by atoms with Gasteiger partial charge in [0.25, 0.3) is 0 Å². The number of hydrogen-bond donors (Lipinski definition) is 1. The van der Waals surface area contributed by atoms with Gasteiger partial charge in [-0.25, -0.2) is 0 Å². The van der Waals surface area contributed by atoms with Gasteiger partial charge in [0.2, 0.25) is 5.91 Å². The molecule has 0 aliphatic rings. The molecule has 1 rings (SSSR count). The second-order valence-corrected chi connectivity index (χ2v) is 3.87. The lowest BCUT2D eigenvalue weighted by molar-refractivity contribution is -0.120. The van der Waals surface area contributed by atoms with E-state index in [0.29, 0.717) is 31.7 Å². The van der Waals surface area contributed by atoms with Crippen molar-refractivity contribution in [2.75, 3.05) is 20.3 Å². The van der Waals surface area contributed by atoms with Crippen molar-refractivity contribution in [2.45, 2.75) is 26.7 Å². The van der Waals surface area contributed by atoms with Crippen molar-refractivity contribution in [1.29, 1.82) is 0 Å². The van der Waals surface area contributed by atoms with Crippen LogP contribution in [0.2, 0.25) is 0 Å². The lowest BCUT2D eigenvalue weighted by atomic mass is 10.1. The molecule has 0 bridgehead atoms. The molecule has 0 saturated carbocycles. The van der Waals surface area contributed by atoms with Crippen LogP contribution in [0.4, 0.5) is 0 Å². The van der Waals surface area contributed by atoms with E-state index in [1.807, 2.05) is 32.0 Å². The molecule has 1 aromatic rings. The maximum atomic E-state index is 11.4. The summed E-state index contributed by atoms with van der Waals surface area (Å²) in [6, 6.07) is 5.77. The topological polar surface area (TPSA) is 47.6 Å². The molecule has 0 aliphatic heterocycles. The van der Waals surface area contributed by atoms with Gasteiger partial charge in [0, 0.05) is 13.0 Å². The Bertz CT molecular complexity index is 391. The van der Waals surface area contributed by atoms with E-state index in [9.17, 15) is 4.79 Å². The van der Waals surface area contributed by atoms with Gasteiger partial charge in [0.1, 0.15) is 0 Å². The number of rotatable bonds is 7. The van der Waals surface area contributed by atoms with Crippen molar-refractivity contribution in [3.8, 4) is 11.5 Å². The maximum Gasteiger partial charge on any atom is 0.220 e. The van der Waals surface area contributed by atoms with Crippen molar-refractivity contribution >= 4 is 5.91 Å². The number of hydrogen-bond acceptors (Lipinski definition) is 3. The third-order valence-corrected chi connectivity index (χ3v) is 2.54. The molecule has 0 radical (unpaired) electrons. The minimum absolute atomic E-state index is 0.0744. The Kier molecular flexibility index (Phi) is 6.05.